The van der Waals surface area contributed by atoms with Gasteiger partial charge in [0.25, 0.3) is 5.89 Å². The predicted molar refractivity (Wildman–Crippen MR) is 109 cm³/mol. The normalized spacial score (nSPS) is 10.6. The van der Waals surface area contributed by atoms with Crippen molar-refractivity contribution in [1.29, 1.82) is 0 Å². The number of rotatable bonds is 4. The molecule has 2 aromatic carbocycles. The molecule has 140 valence electrons. The highest BCUT2D eigenvalue weighted by Gasteiger charge is 2.14. The second kappa shape index (κ2) is 7.69. The summed E-state index contributed by atoms with van der Waals surface area (Å²) in [5.74, 6) is 1.14. The van der Waals surface area contributed by atoms with Crippen molar-refractivity contribution in [2.75, 3.05) is 10.6 Å². The summed E-state index contributed by atoms with van der Waals surface area (Å²) in [4.78, 5) is 16.6. The minimum atomic E-state index is -0.333. The highest BCUT2D eigenvalue weighted by atomic mass is 79.9. The predicted octanol–water partition coefficient (Wildman–Crippen LogP) is 5.71. The first-order valence-electron chi connectivity index (χ1n) is 8.42. The van der Waals surface area contributed by atoms with Gasteiger partial charge in [0.2, 0.25) is 5.82 Å². The van der Waals surface area contributed by atoms with Crippen molar-refractivity contribution in [3.8, 4) is 23.0 Å². The van der Waals surface area contributed by atoms with Crippen molar-refractivity contribution < 1.29 is 13.7 Å². The molecule has 0 atom stereocenters. The molecule has 2 N–H and O–H groups in total. The van der Waals surface area contributed by atoms with E-state index in [-0.39, 0.29) is 11.9 Å². The molecular formula is C20H15BrN4O3. The molecule has 2 heterocycles. The number of amides is 2. The van der Waals surface area contributed by atoms with Crippen molar-refractivity contribution in [3.63, 3.8) is 0 Å². The third-order valence-electron chi connectivity index (χ3n) is 3.98. The van der Waals surface area contributed by atoms with Gasteiger partial charge < -0.3 is 19.6 Å². The standard InChI is InChI=1S/C20H15BrN4O3/c1-12-5-2-3-8-15(12)23-20(26)22-14-7-4-6-13(11-14)18-24-19(28-25-18)16-9-10-17(21)27-16/h2-11H,1H3,(H2,22,23,26). The van der Waals surface area contributed by atoms with Crippen LogP contribution in [0.25, 0.3) is 23.0 Å². The Morgan fingerprint density at radius 3 is 2.68 bits per heavy atom. The van der Waals surface area contributed by atoms with Crippen LogP contribution in [0, 0.1) is 6.92 Å². The lowest BCUT2D eigenvalue weighted by molar-refractivity contribution is 0.262. The van der Waals surface area contributed by atoms with Gasteiger partial charge in [-0.3, -0.25) is 0 Å². The summed E-state index contributed by atoms with van der Waals surface area (Å²) >= 11 is 3.24. The van der Waals surface area contributed by atoms with Crippen LogP contribution in [0.1, 0.15) is 5.56 Å². The summed E-state index contributed by atoms with van der Waals surface area (Å²) in [6.45, 7) is 1.93. The van der Waals surface area contributed by atoms with Gasteiger partial charge >= 0.3 is 6.03 Å². The van der Waals surface area contributed by atoms with Gasteiger partial charge in [0, 0.05) is 16.9 Å². The number of nitrogens with one attached hydrogen (secondary N) is 2. The second-order valence-electron chi connectivity index (χ2n) is 6.00. The Balaban J connectivity index is 1.49. The van der Waals surface area contributed by atoms with Gasteiger partial charge in [-0.2, -0.15) is 4.98 Å². The van der Waals surface area contributed by atoms with Crippen LogP contribution in [0.4, 0.5) is 16.2 Å². The van der Waals surface area contributed by atoms with Crippen molar-refractivity contribution in [3.05, 3.63) is 70.9 Å². The maximum absolute atomic E-state index is 12.3. The number of urea groups is 1. The Bertz CT molecular complexity index is 1140. The van der Waals surface area contributed by atoms with Crippen molar-refractivity contribution in [2.45, 2.75) is 6.92 Å². The SMILES string of the molecule is Cc1ccccc1NC(=O)Nc1cccc(-c2noc(-c3ccc(Br)o3)n2)c1. The molecule has 0 saturated carbocycles. The third-order valence-corrected chi connectivity index (χ3v) is 4.41. The summed E-state index contributed by atoms with van der Waals surface area (Å²) < 4.78 is 11.2. The van der Waals surface area contributed by atoms with Gasteiger partial charge in [0.15, 0.2) is 10.4 Å². The molecule has 0 radical (unpaired) electrons. The quantitative estimate of drug-likeness (QED) is 0.425. The van der Waals surface area contributed by atoms with E-state index in [2.05, 4.69) is 36.7 Å². The van der Waals surface area contributed by atoms with Gasteiger partial charge in [0.05, 0.1) is 0 Å². The van der Waals surface area contributed by atoms with Gasteiger partial charge in [-0.25, -0.2) is 4.79 Å². The Morgan fingerprint density at radius 1 is 1.04 bits per heavy atom. The molecule has 7 nitrogen and oxygen atoms in total. The van der Waals surface area contributed by atoms with Crippen LogP contribution in [0.5, 0.6) is 0 Å². The number of nitrogens with zero attached hydrogens (tertiary/aromatic N) is 2. The summed E-state index contributed by atoms with van der Waals surface area (Å²) in [6.07, 6.45) is 0. The number of aryl methyl sites for hydroxylation is 1. The van der Waals surface area contributed by atoms with Gasteiger partial charge in [0.1, 0.15) is 0 Å². The van der Waals surface area contributed by atoms with E-state index in [1.165, 1.54) is 0 Å². The van der Waals surface area contributed by atoms with Crippen LogP contribution in [0.3, 0.4) is 0 Å². The van der Waals surface area contributed by atoms with Crippen LogP contribution in [-0.4, -0.2) is 16.2 Å². The van der Waals surface area contributed by atoms with E-state index in [1.807, 2.05) is 37.3 Å². The van der Waals surface area contributed by atoms with Crippen molar-refractivity contribution in [2.24, 2.45) is 0 Å². The highest BCUT2D eigenvalue weighted by Crippen LogP contribution is 2.27. The molecule has 0 fully saturated rings. The zero-order chi connectivity index (χ0) is 19.5. The first-order chi connectivity index (χ1) is 13.6. The van der Waals surface area contributed by atoms with E-state index < -0.39 is 0 Å². The van der Waals surface area contributed by atoms with Gasteiger partial charge in [-0.05, 0) is 58.7 Å². The molecule has 0 aliphatic carbocycles. The van der Waals surface area contributed by atoms with E-state index in [0.29, 0.717) is 27.5 Å². The van der Waals surface area contributed by atoms with Crippen LogP contribution in [0.2, 0.25) is 0 Å². The first kappa shape index (κ1) is 18.0. The number of hydrogen-bond donors (Lipinski definition) is 2. The number of hydrogen-bond acceptors (Lipinski definition) is 5. The molecular weight excluding hydrogens is 424 g/mol. The van der Waals surface area contributed by atoms with Crippen molar-refractivity contribution in [1.82, 2.24) is 10.1 Å². The third kappa shape index (κ3) is 3.96. The van der Waals surface area contributed by atoms with Crippen LogP contribution in [0.15, 0.2) is 74.3 Å². The largest absolute Gasteiger partial charge is 0.444 e. The molecule has 0 spiro atoms. The molecule has 2 aromatic heterocycles. The van der Waals surface area contributed by atoms with Gasteiger partial charge in [-0.1, -0.05) is 35.5 Å². The summed E-state index contributed by atoms with van der Waals surface area (Å²) in [5.41, 5.74) is 3.05. The molecule has 2 amide bonds. The molecule has 28 heavy (non-hydrogen) atoms. The van der Waals surface area contributed by atoms with E-state index in [0.717, 1.165) is 11.3 Å². The smallest absolute Gasteiger partial charge is 0.323 e. The number of anilines is 2. The number of halogens is 1. The van der Waals surface area contributed by atoms with E-state index >= 15 is 0 Å². The second-order valence-corrected chi connectivity index (χ2v) is 6.78. The molecule has 0 aliphatic rings. The fourth-order valence-corrected chi connectivity index (χ4v) is 2.91. The average Bonchev–Trinajstić information content (AvgIpc) is 3.33. The Kier molecular flexibility index (Phi) is 4.94. The monoisotopic (exact) mass is 438 g/mol. The molecule has 0 saturated heterocycles. The maximum atomic E-state index is 12.3. The summed E-state index contributed by atoms with van der Waals surface area (Å²) in [6, 6.07) is 17.9. The van der Waals surface area contributed by atoms with Crippen molar-refractivity contribution >= 4 is 33.3 Å². The van der Waals surface area contributed by atoms with E-state index in [4.69, 9.17) is 8.94 Å². The van der Waals surface area contributed by atoms with Crippen LogP contribution < -0.4 is 10.6 Å². The van der Waals surface area contributed by atoms with E-state index in [9.17, 15) is 4.79 Å². The molecule has 4 aromatic rings. The lowest BCUT2D eigenvalue weighted by Crippen LogP contribution is -2.19. The maximum Gasteiger partial charge on any atom is 0.323 e. The first-order valence-corrected chi connectivity index (χ1v) is 9.21. The lowest BCUT2D eigenvalue weighted by atomic mass is 10.2. The Hall–Kier alpha value is -3.39. The number of furan rings is 1. The summed E-state index contributed by atoms with van der Waals surface area (Å²) in [7, 11) is 0. The number of benzene rings is 2. The molecule has 8 heteroatoms. The Morgan fingerprint density at radius 2 is 1.89 bits per heavy atom. The zero-order valence-electron chi connectivity index (χ0n) is 14.8. The number of carbonyl (C=O) groups excluding carboxylic acids is 1. The molecule has 0 unspecified atom stereocenters. The zero-order valence-corrected chi connectivity index (χ0v) is 16.4. The Labute approximate surface area is 168 Å². The fourth-order valence-electron chi connectivity index (χ4n) is 2.60. The lowest BCUT2D eigenvalue weighted by Gasteiger charge is -2.10. The minimum absolute atomic E-state index is 0.274. The highest BCUT2D eigenvalue weighted by molar-refractivity contribution is 9.10. The number of carbonyl (C=O) groups is 1. The topological polar surface area (TPSA) is 93.2 Å². The van der Waals surface area contributed by atoms with Gasteiger partial charge in [-0.15, -0.1) is 0 Å². The van der Waals surface area contributed by atoms with Crippen LogP contribution >= 0.6 is 15.9 Å². The summed E-state index contributed by atoms with van der Waals surface area (Å²) in [5, 5.41) is 9.62. The molecule has 0 bridgehead atoms. The number of aromatic nitrogens is 2. The van der Waals surface area contributed by atoms with Crippen LogP contribution in [-0.2, 0) is 0 Å². The molecule has 0 aliphatic heterocycles. The van der Waals surface area contributed by atoms with E-state index in [1.54, 1.807) is 30.3 Å². The minimum Gasteiger partial charge on any atom is -0.444 e. The fraction of sp³-hybridized carbons (Fsp3) is 0.0500. The number of para-hydroxylation sites is 1. The molecule has 4 rings (SSSR count). The average molecular weight is 439 g/mol.